The van der Waals surface area contributed by atoms with E-state index >= 15 is 0 Å². The molecule has 1 aromatic carbocycles. The van der Waals surface area contributed by atoms with Gasteiger partial charge in [-0.2, -0.15) is 0 Å². The Morgan fingerprint density at radius 2 is 2.13 bits per heavy atom. The number of hydrogen-bond acceptors (Lipinski definition) is 2. The monoisotopic (exact) mass is 269 g/mol. The molecule has 1 aromatic rings. The highest BCUT2D eigenvalue weighted by molar-refractivity contribution is 9.10. The zero-order chi connectivity index (χ0) is 11.0. The molecule has 1 N–H and O–H groups in total. The summed E-state index contributed by atoms with van der Waals surface area (Å²) in [6.07, 6.45) is 2.18. The van der Waals surface area contributed by atoms with Gasteiger partial charge in [0.05, 0.1) is 6.10 Å². The number of anilines is 1. The van der Waals surface area contributed by atoms with Crippen LogP contribution >= 0.6 is 15.9 Å². The standard InChI is InChI=1S/C12H16BrNO/c1-8(15)11-6-5-10(7-12(11)13)14(2)9-3-4-9/h5-9,15H,3-4H2,1-2H3/t8-/m1/s1. The van der Waals surface area contributed by atoms with Crippen molar-refractivity contribution in [2.45, 2.75) is 31.9 Å². The molecule has 1 fully saturated rings. The van der Waals surface area contributed by atoms with Gasteiger partial charge in [0, 0.05) is 23.2 Å². The summed E-state index contributed by atoms with van der Waals surface area (Å²) in [6.45, 7) is 1.78. The molecule has 0 saturated heterocycles. The lowest BCUT2D eigenvalue weighted by atomic mass is 10.1. The maximum atomic E-state index is 9.51. The zero-order valence-electron chi connectivity index (χ0n) is 9.07. The molecule has 0 aliphatic heterocycles. The van der Waals surface area contributed by atoms with E-state index in [0.717, 1.165) is 10.0 Å². The fourth-order valence-corrected chi connectivity index (χ4v) is 2.44. The average Bonchev–Trinajstić information content (AvgIpc) is 2.99. The first kappa shape index (κ1) is 11.0. The summed E-state index contributed by atoms with van der Waals surface area (Å²) in [7, 11) is 2.13. The number of rotatable bonds is 3. The summed E-state index contributed by atoms with van der Waals surface area (Å²) in [6, 6.07) is 6.86. The minimum absolute atomic E-state index is 0.417. The minimum atomic E-state index is -0.417. The number of halogens is 1. The summed E-state index contributed by atoms with van der Waals surface area (Å²) >= 11 is 3.50. The van der Waals surface area contributed by atoms with Gasteiger partial charge in [-0.1, -0.05) is 22.0 Å². The molecule has 0 aromatic heterocycles. The van der Waals surface area contributed by atoms with Gasteiger partial charge in [-0.3, -0.25) is 0 Å². The number of nitrogens with zero attached hydrogens (tertiary/aromatic N) is 1. The summed E-state index contributed by atoms with van der Waals surface area (Å²) in [4.78, 5) is 2.30. The molecule has 82 valence electrons. The maximum Gasteiger partial charge on any atom is 0.0772 e. The summed E-state index contributed by atoms with van der Waals surface area (Å²) < 4.78 is 0.988. The molecule has 1 aliphatic carbocycles. The highest BCUT2D eigenvalue weighted by Crippen LogP contribution is 2.33. The number of benzene rings is 1. The number of aliphatic hydroxyl groups excluding tert-OH is 1. The van der Waals surface area contributed by atoms with Gasteiger partial charge in [-0.05, 0) is 37.5 Å². The van der Waals surface area contributed by atoms with Crippen molar-refractivity contribution in [2.75, 3.05) is 11.9 Å². The summed E-state index contributed by atoms with van der Waals surface area (Å²) in [5.74, 6) is 0. The minimum Gasteiger partial charge on any atom is -0.389 e. The first-order valence-corrected chi connectivity index (χ1v) is 6.09. The van der Waals surface area contributed by atoms with Crippen LogP contribution in [-0.2, 0) is 0 Å². The lowest BCUT2D eigenvalue weighted by Crippen LogP contribution is -2.19. The highest BCUT2D eigenvalue weighted by Gasteiger charge is 2.26. The second-order valence-corrected chi connectivity index (χ2v) is 5.08. The number of aliphatic hydroxyl groups is 1. The van der Waals surface area contributed by atoms with Crippen LogP contribution in [0.5, 0.6) is 0 Å². The fraction of sp³-hybridized carbons (Fsp3) is 0.500. The van der Waals surface area contributed by atoms with Crippen LogP contribution in [0.15, 0.2) is 22.7 Å². The predicted molar refractivity (Wildman–Crippen MR) is 66.2 cm³/mol. The predicted octanol–water partition coefficient (Wildman–Crippen LogP) is 3.10. The molecule has 0 heterocycles. The Labute approximate surface area is 99.0 Å². The Hall–Kier alpha value is -0.540. The van der Waals surface area contributed by atoms with Gasteiger partial charge in [0.2, 0.25) is 0 Å². The van der Waals surface area contributed by atoms with Gasteiger partial charge >= 0.3 is 0 Å². The second kappa shape index (κ2) is 4.14. The molecule has 1 aliphatic rings. The van der Waals surface area contributed by atoms with Gasteiger partial charge in [0.1, 0.15) is 0 Å². The second-order valence-electron chi connectivity index (χ2n) is 4.22. The zero-order valence-corrected chi connectivity index (χ0v) is 10.7. The third kappa shape index (κ3) is 2.34. The van der Waals surface area contributed by atoms with E-state index in [-0.39, 0.29) is 0 Å². The Kier molecular flexibility index (Phi) is 3.03. The van der Waals surface area contributed by atoms with Crippen LogP contribution in [0.1, 0.15) is 31.4 Å². The molecule has 15 heavy (non-hydrogen) atoms. The van der Waals surface area contributed by atoms with E-state index in [1.54, 1.807) is 6.92 Å². The van der Waals surface area contributed by atoms with Crippen LogP contribution in [0.3, 0.4) is 0 Å². The largest absolute Gasteiger partial charge is 0.389 e. The van der Waals surface area contributed by atoms with Gasteiger partial charge in [0.25, 0.3) is 0 Å². The highest BCUT2D eigenvalue weighted by atomic mass is 79.9. The molecule has 1 atom stereocenters. The molecule has 0 amide bonds. The molecule has 0 unspecified atom stereocenters. The van der Waals surface area contributed by atoms with E-state index in [2.05, 4.69) is 40.0 Å². The van der Waals surface area contributed by atoms with Crippen molar-refractivity contribution >= 4 is 21.6 Å². The molecule has 1 saturated carbocycles. The molecular weight excluding hydrogens is 254 g/mol. The van der Waals surface area contributed by atoms with Crippen LogP contribution in [0, 0.1) is 0 Å². The molecule has 2 rings (SSSR count). The maximum absolute atomic E-state index is 9.51. The van der Waals surface area contributed by atoms with Crippen LogP contribution in [0.25, 0.3) is 0 Å². The molecule has 0 spiro atoms. The first-order valence-electron chi connectivity index (χ1n) is 5.30. The first-order chi connectivity index (χ1) is 7.09. The Morgan fingerprint density at radius 3 is 2.60 bits per heavy atom. The average molecular weight is 270 g/mol. The van der Waals surface area contributed by atoms with Crippen molar-refractivity contribution in [3.63, 3.8) is 0 Å². The molecular formula is C12H16BrNO. The summed E-state index contributed by atoms with van der Waals surface area (Å²) in [5.41, 5.74) is 2.16. The fourth-order valence-electron chi connectivity index (χ4n) is 1.75. The van der Waals surface area contributed by atoms with Crippen molar-refractivity contribution in [1.82, 2.24) is 0 Å². The molecule has 0 radical (unpaired) electrons. The van der Waals surface area contributed by atoms with Crippen molar-refractivity contribution in [3.05, 3.63) is 28.2 Å². The SMILES string of the molecule is C[C@@H](O)c1ccc(N(C)C2CC2)cc1Br. The molecule has 2 nitrogen and oxygen atoms in total. The molecule has 3 heteroatoms. The van der Waals surface area contributed by atoms with Crippen molar-refractivity contribution < 1.29 is 5.11 Å². The van der Waals surface area contributed by atoms with E-state index < -0.39 is 6.10 Å². The lowest BCUT2D eigenvalue weighted by Gasteiger charge is -2.20. The topological polar surface area (TPSA) is 23.5 Å². The Balaban J connectivity index is 2.24. The smallest absolute Gasteiger partial charge is 0.0772 e. The van der Waals surface area contributed by atoms with Gasteiger partial charge in [0.15, 0.2) is 0 Å². The Bertz CT molecular complexity index is 361. The van der Waals surface area contributed by atoms with Gasteiger partial charge < -0.3 is 10.0 Å². The van der Waals surface area contributed by atoms with Gasteiger partial charge in [-0.15, -0.1) is 0 Å². The van der Waals surface area contributed by atoms with Crippen LogP contribution in [0.2, 0.25) is 0 Å². The van der Waals surface area contributed by atoms with E-state index in [4.69, 9.17) is 0 Å². The van der Waals surface area contributed by atoms with Crippen LogP contribution in [0.4, 0.5) is 5.69 Å². The number of hydrogen-bond donors (Lipinski definition) is 1. The van der Waals surface area contributed by atoms with E-state index in [0.29, 0.717) is 6.04 Å². The van der Waals surface area contributed by atoms with E-state index in [9.17, 15) is 5.11 Å². The van der Waals surface area contributed by atoms with Crippen molar-refractivity contribution in [2.24, 2.45) is 0 Å². The lowest BCUT2D eigenvalue weighted by molar-refractivity contribution is 0.198. The van der Waals surface area contributed by atoms with Crippen molar-refractivity contribution in [3.8, 4) is 0 Å². The molecule has 0 bridgehead atoms. The van der Waals surface area contributed by atoms with E-state index in [1.807, 2.05) is 6.07 Å². The third-order valence-electron chi connectivity index (χ3n) is 2.94. The van der Waals surface area contributed by atoms with E-state index in [1.165, 1.54) is 18.5 Å². The normalized spacial score (nSPS) is 17.6. The van der Waals surface area contributed by atoms with Crippen LogP contribution < -0.4 is 4.90 Å². The summed E-state index contributed by atoms with van der Waals surface area (Å²) in [5, 5.41) is 9.51. The third-order valence-corrected chi connectivity index (χ3v) is 3.62. The quantitative estimate of drug-likeness (QED) is 0.912. The van der Waals surface area contributed by atoms with Crippen molar-refractivity contribution in [1.29, 1.82) is 0 Å². The van der Waals surface area contributed by atoms with Crippen LogP contribution in [-0.4, -0.2) is 18.2 Å². The van der Waals surface area contributed by atoms with Gasteiger partial charge in [-0.25, -0.2) is 0 Å². The Morgan fingerprint density at radius 1 is 1.47 bits per heavy atom.